The molecule has 0 unspecified atom stereocenters. The fourth-order valence-electron chi connectivity index (χ4n) is 1.21. The van der Waals surface area contributed by atoms with Gasteiger partial charge in [-0.05, 0) is 25.1 Å². The summed E-state index contributed by atoms with van der Waals surface area (Å²) in [7, 11) is 0. The molecule has 2 rings (SSSR count). The van der Waals surface area contributed by atoms with Crippen LogP contribution in [0.4, 0.5) is 5.69 Å². The molecule has 2 aromatic rings. The third-order valence-corrected chi connectivity index (χ3v) is 2.86. The Morgan fingerprint density at radius 2 is 2.06 bits per heavy atom. The van der Waals surface area contributed by atoms with E-state index in [0.717, 1.165) is 28.0 Å². The number of anilines is 1. The molecule has 5 heteroatoms. The van der Waals surface area contributed by atoms with Crippen molar-refractivity contribution in [3.63, 3.8) is 0 Å². The SMILES string of the molecule is Cc1ccnc(SCc2cc(N)ccn2)n1. The van der Waals surface area contributed by atoms with Crippen molar-refractivity contribution in [1.29, 1.82) is 0 Å². The summed E-state index contributed by atoms with van der Waals surface area (Å²) >= 11 is 1.56. The number of hydrogen-bond acceptors (Lipinski definition) is 5. The van der Waals surface area contributed by atoms with Crippen LogP contribution in [0.2, 0.25) is 0 Å². The first-order valence-electron chi connectivity index (χ1n) is 4.87. The van der Waals surface area contributed by atoms with Crippen LogP contribution in [0.5, 0.6) is 0 Å². The van der Waals surface area contributed by atoms with Crippen molar-refractivity contribution in [3.8, 4) is 0 Å². The van der Waals surface area contributed by atoms with Crippen molar-refractivity contribution < 1.29 is 0 Å². The predicted molar refractivity (Wildman–Crippen MR) is 65.0 cm³/mol. The Morgan fingerprint density at radius 3 is 2.81 bits per heavy atom. The zero-order chi connectivity index (χ0) is 11.4. The average Bonchev–Trinajstić information content (AvgIpc) is 2.27. The zero-order valence-corrected chi connectivity index (χ0v) is 9.74. The fraction of sp³-hybridized carbons (Fsp3) is 0.182. The summed E-state index contributed by atoms with van der Waals surface area (Å²) in [6.07, 6.45) is 3.47. The maximum absolute atomic E-state index is 5.67. The van der Waals surface area contributed by atoms with E-state index in [1.807, 2.05) is 19.1 Å². The van der Waals surface area contributed by atoms with Crippen molar-refractivity contribution in [2.75, 3.05) is 5.73 Å². The van der Waals surface area contributed by atoms with Crippen LogP contribution in [0.25, 0.3) is 0 Å². The van der Waals surface area contributed by atoms with Gasteiger partial charge >= 0.3 is 0 Å². The molecule has 0 saturated heterocycles. The molecule has 0 aliphatic heterocycles. The summed E-state index contributed by atoms with van der Waals surface area (Å²) in [5.74, 6) is 0.731. The van der Waals surface area contributed by atoms with Crippen LogP contribution in [0, 0.1) is 6.92 Å². The van der Waals surface area contributed by atoms with Crippen LogP contribution in [0.15, 0.2) is 35.7 Å². The Morgan fingerprint density at radius 1 is 1.25 bits per heavy atom. The molecule has 82 valence electrons. The second-order valence-corrected chi connectivity index (χ2v) is 4.29. The van der Waals surface area contributed by atoms with Crippen LogP contribution in [-0.2, 0) is 5.75 Å². The highest BCUT2D eigenvalue weighted by Gasteiger charge is 2.00. The second kappa shape index (κ2) is 4.94. The van der Waals surface area contributed by atoms with E-state index in [4.69, 9.17) is 5.73 Å². The Bertz CT molecular complexity index is 441. The lowest BCUT2D eigenvalue weighted by atomic mass is 10.3. The fourth-order valence-corrected chi connectivity index (χ4v) is 1.99. The predicted octanol–water partition coefficient (Wildman–Crippen LogP) is 2.05. The van der Waals surface area contributed by atoms with Gasteiger partial charge in [-0.2, -0.15) is 0 Å². The lowest BCUT2D eigenvalue weighted by Crippen LogP contribution is -1.93. The average molecular weight is 232 g/mol. The first-order valence-corrected chi connectivity index (χ1v) is 5.85. The van der Waals surface area contributed by atoms with E-state index in [-0.39, 0.29) is 0 Å². The molecule has 0 atom stereocenters. The molecule has 0 aromatic carbocycles. The molecule has 0 radical (unpaired) electrons. The zero-order valence-electron chi connectivity index (χ0n) is 8.92. The van der Waals surface area contributed by atoms with Gasteiger partial charge < -0.3 is 5.73 Å². The molecule has 0 spiro atoms. The minimum absolute atomic E-state index is 0.731. The number of rotatable bonds is 3. The van der Waals surface area contributed by atoms with Gasteiger partial charge in [-0.25, -0.2) is 9.97 Å². The van der Waals surface area contributed by atoms with E-state index < -0.39 is 0 Å². The second-order valence-electron chi connectivity index (χ2n) is 3.35. The van der Waals surface area contributed by atoms with Crippen molar-refractivity contribution in [1.82, 2.24) is 15.0 Å². The highest BCUT2D eigenvalue weighted by Crippen LogP contribution is 2.18. The van der Waals surface area contributed by atoms with Gasteiger partial charge in [0, 0.05) is 29.5 Å². The van der Waals surface area contributed by atoms with Crippen molar-refractivity contribution >= 4 is 17.4 Å². The number of aromatic nitrogens is 3. The minimum Gasteiger partial charge on any atom is -0.399 e. The van der Waals surface area contributed by atoms with Gasteiger partial charge in [0.1, 0.15) is 0 Å². The topological polar surface area (TPSA) is 64.7 Å². The molecule has 4 nitrogen and oxygen atoms in total. The molecule has 2 aromatic heterocycles. The number of nitrogens with two attached hydrogens (primary N) is 1. The maximum atomic E-state index is 5.67. The largest absolute Gasteiger partial charge is 0.399 e. The van der Waals surface area contributed by atoms with Crippen LogP contribution < -0.4 is 5.73 Å². The van der Waals surface area contributed by atoms with Gasteiger partial charge in [0.15, 0.2) is 5.16 Å². The number of nitrogens with zero attached hydrogens (tertiary/aromatic N) is 3. The number of thioether (sulfide) groups is 1. The molecule has 0 bridgehead atoms. The number of pyridine rings is 1. The Hall–Kier alpha value is -1.62. The van der Waals surface area contributed by atoms with E-state index >= 15 is 0 Å². The molecule has 0 fully saturated rings. The Labute approximate surface area is 98.3 Å². The lowest BCUT2D eigenvalue weighted by molar-refractivity contribution is 0.930. The molecular formula is C11H12N4S. The standard InChI is InChI=1S/C11H12N4S/c1-8-2-4-14-11(15-8)16-7-10-6-9(12)3-5-13-10/h2-6H,7H2,1H3,(H2,12,13). The third-order valence-electron chi connectivity index (χ3n) is 1.96. The molecule has 0 saturated carbocycles. The molecular weight excluding hydrogens is 220 g/mol. The van der Waals surface area contributed by atoms with Gasteiger partial charge in [0.25, 0.3) is 0 Å². The molecule has 2 N–H and O–H groups in total. The van der Waals surface area contributed by atoms with E-state index in [9.17, 15) is 0 Å². The summed E-state index contributed by atoms with van der Waals surface area (Å²) in [5, 5.41) is 0.768. The van der Waals surface area contributed by atoms with Gasteiger partial charge in [-0.15, -0.1) is 0 Å². The summed E-state index contributed by atoms with van der Waals surface area (Å²) in [5.41, 5.74) is 8.31. The Balaban J connectivity index is 2.02. The van der Waals surface area contributed by atoms with Gasteiger partial charge in [-0.3, -0.25) is 4.98 Å². The van der Waals surface area contributed by atoms with E-state index in [0.29, 0.717) is 0 Å². The summed E-state index contributed by atoms with van der Waals surface area (Å²) in [4.78, 5) is 12.7. The smallest absolute Gasteiger partial charge is 0.188 e. The first-order chi connectivity index (χ1) is 7.74. The molecule has 0 aliphatic carbocycles. The van der Waals surface area contributed by atoms with Crippen LogP contribution >= 0.6 is 11.8 Å². The van der Waals surface area contributed by atoms with E-state index in [1.54, 1.807) is 30.2 Å². The van der Waals surface area contributed by atoms with Gasteiger partial charge in [0.2, 0.25) is 0 Å². The number of hydrogen-bond donors (Lipinski definition) is 1. The summed E-state index contributed by atoms with van der Waals surface area (Å²) in [6.45, 7) is 1.95. The molecule has 16 heavy (non-hydrogen) atoms. The molecule has 0 amide bonds. The first kappa shape index (κ1) is 10.9. The van der Waals surface area contributed by atoms with Crippen LogP contribution in [0.1, 0.15) is 11.4 Å². The minimum atomic E-state index is 0.731. The van der Waals surface area contributed by atoms with Gasteiger partial charge in [0.05, 0.1) is 5.69 Å². The highest BCUT2D eigenvalue weighted by atomic mass is 32.2. The quantitative estimate of drug-likeness (QED) is 0.648. The Kier molecular flexibility index (Phi) is 3.36. The summed E-state index contributed by atoms with van der Waals surface area (Å²) < 4.78 is 0. The molecule has 0 aliphatic rings. The molecule has 2 heterocycles. The number of aryl methyl sites for hydroxylation is 1. The lowest BCUT2D eigenvalue weighted by Gasteiger charge is -2.01. The van der Waals surface area contributed by atoms with Crippen molar-refractivity contribution in [2.24, 2.45) is 0 Å². The summed E-state index contributed by atoms with van der Waals surface area (Å²) in [6, 6.07) is 5.52. The normalized spacial score (nSPS) is 10.3. The maximum Gasteiger partial charge on any atom is 0.188 e. The van der Waals surface area contributed by atoms with Crippen molar-refractivity contribution in [2.45, 2.75) is 17.8 Å². The van der Waals surface area contributed by atoms with Crippen LogP contribution in [-0.4, -0.2) is 15.0 Å². The van der Waals surface area contributed by atoms with Crippen molar-refractivity contribution in [3.05, 3.63) is 42.0 Å². The van der Waals surface area contributed by atoms with Gasteiger partial charge in [-0.1, -0.05) is 11.8 Å². The number of nitrogen functional groups attached to an aromatic ring is 1. The van der Waals surface area contributed by atoms with E-state index in [1.165, 1.54) is 0 Å². The third kappa shape index (κ3) is 2.93. The monoisotopic (exact) mass is 232 g/mol. The highest BCUT2D eigenvalue weighted by molar-refractivity contribution is 7.98. The van der Waals surface area contributed by atoms with E-state index in [2.05, 4.69) is 15.0 Å². The van der Waals surface area contributed by atoms with Crippen LogP contribution in [0.3, 0.4) is 0 Å².